The molecule has 1 aliphatic heterocycles. The number of aromatic nitrogens is 1. The molecule has 0 spiro atoms. The lowest BCUT2D eigenvalue weighted by molar-refractivity contribution is -0.128. The number of benzene rings is 3. The highest BCUT2D eigenvalue weighted by Crippen LogP contribution is 2.43. The molecule has 5 rings (SSSR count). The average molecular weight is 517 g/mol. The molecule has 8 nitrogen and oxygen atoms in total. The normalized spacial score (nSPS) is 17.0. The van der Waals surface area contributed by atoms with Gasteiger partial charge in [-0.3, -0.25) is 15.0 Å². The standard InChI is InChI=1S/C28H28N4O4S/c1-3-18(2)25(27(33)30-31-37(35,36)19-11-5-4-6-12-19)32-26(21-14-7-8-15-22(21)28(32)34)23-17-29-24-16-10-9-13-20(23)24/h4-18,25-26,29,31H,3H2,1-2H3,(H,30,33). The Labute approximate surface area is 215 Å². The molecule has 3 unspecified atom stereocenters. The van der Waals surface area contributed by atoms with Crippen molar-refractivity contribution in [3.8, 4) is 0 Å². The van der Waals surface area contributed by atoms with Crippen molar-refractivity contribution in [1.82, 2.24) is 20.1 Å². The number of sulfonamides is 1. The van der Waals surface area contributed by atoms with Crippen LogP contribution in [0.3, 0.4) is 0 Å². The molecule has 4 aromatic rings. The second-order valence-electron chi connectivity index (χ2n) is 9.23. The van der Waals surface area contributed by atoms with Gasteiger partial charge in [0.2, 0.25) is 0 Å². The summed E-state index contributed by atoms with van der Waals surface area (Å²) < 4.78 is 25.5. The Balaban J connectivity index is 1.54. The van der Waals surface area contributed by atoms with Crippen molar-refractivity contribution in [2.75, 3.05) is 0 Å². The summed E-state index contributed by atoms with van der Waals surface area (Å²) >= 11 is 0. The molecule has 0 fully saturated rings. The van der Waals surface area contributed by atoms with Crippen molar-refractivity contribution >= 4 is 32.7 Å². The minimum absolute atomic E-state index is 0.0247. The van der Waals surface area contributed by atoms with E-state index in [1.54, 1.807) is 35.2 Å². The molecule has 1 aliphatic rings. The number of hydrazine groups is 1. The maximum absolute atomic E-state index is 13.8. The van der Waals surface area contributed by atoms with Crippen LogP contribution in [0.4, 0.5) is 0 Å². The van der Waals surface area contributed by atoms with Crippen LogP contribution in [0.25, 0.3) is 10.9 Å². The van der Waals surface area contributed by atoms with Crippen LogP contribution in [0.2, 0.25) is 0 Å². The Morgan fingerprint density at radius 1 is 0.973 bits per heavy atom. The first kappa shape index (κ1) is 24.7. The highest BCUT2D eigenvalue weighted by molar-refractivity contribution is 7.89. The van der Waals surface area contributed by atoms with Gasteiger partial charge in [0, 0.05) is 28.2 Å². The summed E-state index contributed by atoms with van der Waals surface area (Å²) in [6.45, 7) is 3.83. The minimum atomic E-state index is -3.99. The lowest BCUT2D eigenvalue weighted by Crippen LogP contribution is -2.55. The van der Waals surface area contributed by atoms with Gasteiger partial charge in [0.15, 0.2) is 0 Å². The van der Waals surface area contributed by atoms with Crippen molar-refractivity contribution in [2.45, 2.75) is 37.2 Å². The highest BCUT2D eigenvalue weighted by atomic mass is 32.2. The van der Waals surface area contributed by atoms with Crippen LogP contribution in [0.1, 0.15) is 47.8 Å². The molecular weight excluding hydrogens is 488 g/mol. The highest BCUT2D eigenvalue weighted by Gasteiger charge is 2.46. The third-order valence-electron chi connectivity index (χ3n) is 7.03. The molecule has 9 heteroatoms. The first-order chi connectivity index (χ1) is 17.8. The maximum Gasteiger partial charge on any atom is 0.258 e. The fourth-order valence-corrected chi connectivity index (χ4v) is 5.86. The fraction of sp³-hybridized carbons (Fsp3) is 0.214. The molecule has 0 saturated heterocycles. The second-order valence-corrected chi connectivity index (χ2v) is 10.9. The molecule has 0 bridgehead atoms. The fourth-order valence-electron chi connectivity index (χ4n) is 4.99. The van der Waals surface area contributed by atoms with Crippen molar-refractivity contribution in [3.05, 3.63) is 102 Å². The van der Waals surface area contributed by atoms with E-state index < -0.39 is 28.0 Å². The molecule has 0 aliphatic carbocycles. The van der Waals surface area contributed by atoms with E-state index in [9.17, 15) is 18.0 Å². The molecule has 1 aromatic heterocycles. The summed E-state index contributed by atoms with van der Waals surface area (Å²) in [5.74, 6) is -1.12. The van der Waals surface area contributed by atoms with Crippen LogP contribution in [0.15, 0.2) is 90.0 Å². The largest absolute Gasteiger partial charge is 0.361 e. The van der Waals surface area contributed by atoms with Gasteiger partial charge >= 0.3 is 0 Å². The molecule has 0 radical (unpaired) electrons. The first-order valence-corrected chi connectivity index (χ1v) is 13.7. The van der Waals surface area contributed by atoms with Crippen LogP contribution in [0, 0.1) is 5.92 Å². The summed E-state index contributed by atoms with van der Waals surface area (Å²) in [6.07, 6.45) is 2.48. The molecule has 190 valence electrons. The van der Waals surface area contributed by atoms with Crippen molar-refractivity contribution in [1.29, 1.82) is 0 Å². The Morgan fingerprint density at radius 2 is 1.65 bits per heavy atom. The molecule has 37 heavy (non-hydrogen) atoms. The number of carbonyl (C=O) groups excluding carboxylic acids is 2. The Morgan fingerprint density at radius 3 is 2.41 bits per heavy atom. The number of hydrogen-bond donors (Lipinski definition) is 3. The molecule has 3 atom stereocenters. The average Bonchev–Trinajstić information content (AvgIpc) is 3.47. The number of aromatic amines is 1. The number of amides is 2. The topological polar surface area (TPSA) is 111 Å². The zero-order valence-corrected chi connectivity index (χ0v) is 21.3. The summed E-state index contributed by atoms with van der Waals surface area (Å²) in [7, 11) is -3.99. The quantitative estimate of drug-likeness (QED) is 0.306. The number of para-hydroxylation sites is 1. The van der Waals surface area contributed by atoms with Crippen LogP contribution in [0.5, 0.6) is 0 Å². The minimum Gasteiger partial charge on any atom is -0.361 e. The number of carbonyl (C=O) groups is 2. The Bertz CT molecular complexity index is 1570. The molecule has 3 aromatic carbocycles. The van der Waals surface area contributed by atoms with Gasteiger partial charge in [0.1, 0.15) is 6.04 Å². The van der Waals surface area contributed by atoms with E-state index in [1.807, 2.05) is 56.4 Å². The summed E-state index contributed by atoms with van der Waals surface area (Å²) in [5, 5.41) is 0.954. The van der Waals surface area contributed by atoms with Crippen molar-refractivity contribution in [3.63, 3.8) is 0 Å². The number of fused-ring (bicyclic) bond motifs is 2. The summed E-state index contributed by atoms with van der Waals surface area (Å²) in [5.41, 5.74) is 5.53. The molecule has 2 heterocycles. The number of H-pyrrole nitrogens is 1. The lowest BCUT2D eigenvalue weighted by Gasteiger charge is -2.36. The Hall–Kier alpha value is -3.95. The van der Waals surface area contributed by atoms with Gasteiger partial charge in [-0.1, -0.05) is 74.9 Å². The third-order valence-corrected chi connectivity index (χ3v) is 8.29. The number of hydrogen-bond acceptors (Lipinski definition) is 4. The van der Waals surface area contributed by atoms with Gasteiger partial charge < -0.3 is 9.88 Å². The molecule has 0 saturated carbocycles. The van der Waals surface area contributed by atoms with E-state index in [0.717, 1.165) is 22.0 Å². The molecular formula is C28H28N4O4S. The van der Waals surface area contributed by atoms with Gasteiger partial charge in [0.05, 0.1) is 10.9 Å². The lowest BCUT2D eigenvalue weighted by atomic mass is 9.93. The third kappa shape index (κ3) is 4.41. The maximum atomic E-state index is 13.8. The SMILES string of the molecule is CCC(C)C(C(=O)NNS(=O)(=O)c1ccccc1)N1C(=O)c2ccccc2C1c1c[nH]c2ccccc12. The number of nitrogens with zero attached hydrogens (tertiary/aromatic N) is 1. The first-order valence-electron chi connectivity index (χ1n) is 12.2. The molecule has 2 amide bonds. The van der Waals surface area contributed by atoms with Crippen LogP contribution >= 0.6 is 0 Å². The van der Waals surface area contributed by atoms with E-state index in [1.165, 1.54) is 12.1 Å². The summed E-state index contributed by atoms with van der Waals surface area (Å²) in [6, 6.07) is 21.5. The number of nitrogens with one attached hydrogen (secondary N) is 3. The zero-order chi connectivity index (χ0) is 26.2. The van der Waals surface area contributed by atoms with E-state index in [2.05, 4.69) is 15.2 Å². The van der Waals surface area contributed by atoms with E-state index in [-0.39, 0.29) is 16.7 Å². The van der Waals surface area contributed by atoms with Crippen LogP contribution < -0.4 is 10.3 Å². The summed E-state index contributed by atoms with van der Waals surface area (Å²) in [4.78, 5) is 34.6. The van der Waals surface area contributed by atoms with E-state index >= 15 is 0 Å². The predicted octanol–water partition coefficient (Wildman–Crippen LogP) is 4.14. The second kappa shape index (κ2) is 9.84. The van der Waals surface area contributed by atoms with Crippen LogP contribution in [-0.4, -0.2) is 36.2 Å². The van der Waals surface area contributed by atoms with E-state index in [4.69, 9.17) is 0 Å². The molecule has 3 N–H and O–H groups in total. The number of rotatable bonds is 8. The van der Waals surface area contributed by atoms with Crippen molar-refractivity contribution in [2.24, 2.45) is 5.92 Å². The van der Waals surface area contributed by atoms with Gasteiger partial charge in [-0.2, -0.15) is 0 Å². The predicted molar refractivity (Wildman–Crippen MR) is 141 cm³/mol. The smallest absolute Gasteiger partial charge is 0.258 e. The van der Waals surface area contributed by atoms with Crippen molar-refractivity contribution < 1.29 is 18.0 Å². The zero-order valence-electron chi connectivity index (χ0n) is 20.5. The Kier molecular flexibility index (Phi) is 6.57. The van der Waals surface area contributed by atoms with Gasteiger partial charge in [0.25, 0.3) is 21.8 Å². The monoisotopic (exact) mass is 516 g/mol. The van der Waals surface area contributed by atoms with Gasteiger partial charge in [-0.25, -0.2) is 8.42 Å². The van der Waals surface area contributed by atoms with Crippen LogP contribution in [-0.2, 0) is 14.8 Å². The van der Waals surface area contributed by atoms with Gasteiger partial charge in [-0.05, 0) is 35.7 Å². The van der Waals surface area contributed by atoms with E-state index in [0.29, 0.717) is 12.0 Å². The van der Waals surface area contributed by atoms with Gasteiger partial charge in [-0.15, -0.1) is 4.83 Å².